The third kappa shape index (κ3) is 8.38. The maximum Gasteiger partial charge on any atom is 0.246 e. The van der Waals surface area contributed by atoms with Crippen LogP contribution in [0, 0.1) is 0 Å². The van der Waals surface area contributed by atoms with Crippen molar-refractivity contribution in [2.75, 3.05) is 11.8 Å². The average molecular weight is 248 g/mol. The summed E-state index contributed by atoms with van der Waals surface area (Å²) in [5.41, 5.74) is 0.500. The highest BCUT2D eigenvalue weighted by Gasteiger charge is 2.00. The van der Waals surface area contributed by atoms with Crippen molar-refractivity contribution in [1.29, 1.82) is 0 Å². The number of amides is 2. The molecule has 0 radical (unpaired) electrons. The minimum absolute atomic E-state index is 0.0362. The third-order valence-electron chi connectivity index (χ3n) is 1.41. The van der Waals surface area contributed by atoms with Gasteiger partial charge in [0.15, 0.2) is 0 Å². The third-order valence-corrected chi connectivity index (χ3v) is 3.31. The Bertz CT molecular complexity index is 244. The molecule has 0 atom stereocenters. The van der Waals surface area contributed by atoms with Crippen molar-refractivity contribution in [2.45, 2.75) is 20.3 Å². The van der Waals surface area contributed by atoms with Gasteiger partial charge >= 0.3 is 0 Å². The van der Waals surface area contributed by atoms with E-state index in [0.29, 0.717) is 23.7 Å². The Morgan fingerprint density at radius 1 is 1.20 bits per heavy atom. The normalized spacial score (nSPS) is 9.47. The Morgan fingerprint density at radius 3 is 2.20 bits per heavy atom. The standard InChI is InChI=1S/C9H16N2O2S2/c1-4-8(12)10-5-14-15-6-11-9(13)7(2)3/h2,4-6H2,1,3H3,(H,10,12)(H,11,13). The summed E-state index contributed by atoms with van der Waals surface area (Å²) in [4.78, 5) is 21.9. The number of hydrogen-bond donors (Lipinski definition) is 2. The van der Waals surface area contributed by atoms with Crippen molar-refractivity contribution in [2.24, 2.45) is 0 Å². The molecule has 0 bridgehead atoms. The predicted octanol–water partition coefficient (Wildman–Crippen LogP) is 1.50. The van der Waals surface area contributed by atoms with Crippen LogP contribution in [0.2, 0.25) is 0 Å². The van der Waals surface area contributed by atoms with E-state index in [4.69, 9.17) is 0 Å². The van der Waals surface area contributed by atoms with Gasteiger partial charge in [-0.2, -0.15) is 0 Å². The van der Waals surface area contributed by atoms with Gasteiger partial charge in [0.2, 0.25) is 11.8 Å². The van der Waals surface area contributed by atoms with Gasteiger partial charge in [0.1, 0.15) is 0 Å². The van der Waals surface area contributed by atoms with Gasteiger partial charge in [-0.1, -0.05) is 35.1 Å². The van der Waals surface area contributed by atoms with Crippen LogP contribution in [-0.4, -0.2) is 23.6 Å². The molecule has 0 fully saturated rings. The fourth-order valence-electron chi connectivity index (χ4n) is 0.564. The molecule has 2 amide bonds. The Kier molecular flexibility index (Phi) is 8.31. The zero-order valence-corrected chi connectivity index (χ0v) is 10.6. The van der Waals surface area contributed by atoms with Gasteiger partial charge in [-0.3, -0.25) is 9.59 Å². The van der Waals surface area contributed by atoms with Crippen LogP contribution in [0.1, 0.15) is 20.3 Å². The zero-order chi connectivity index (χ0) is 11.7. The van der Waals surface area contributed by atoms with Crippen LogP contribution < -0.4 is 10.6 Å². The molecule has 15 heavy (non-hydrogen) atoms. The smallest absolute Gasteiger partial charge is 0.246 e. The van der Waals surface area contributed by atoms with Gasteiger partial charge in [-0.15, -0.1) is 0 Å². The Morgan fingerprint density at radius 2 is 1.73 bits per heavy atom. The Balaban J connectivity index is 3.29. The summed E-state index contributed by atoms with van der Waals surface area (Å²) in [6.45, 7) is 6.99. The molecule has 0 spiro atoms. The number of hydrogen-bond acceptors (Lipinski definition) is 4. The maximum atomic E-state index is 11.0. The summed E-state index contributed by atoms with van der Waals surface area (Å²) in [7, 11) is 2.97. The topological polar surface area (TPSA) is 58.2 Å². The van der Waals surface area contributed by atoms with Crippen LogP contribution in [0.5, 0.6) is 0 Å². The minimum Gasteiger partial charge on any atom is -0.346 e. The first-order chi connectivity index (χ1) is 7.07. The molecule has 0 aliphatic heterocycles. The quantitative estimate of drug-likeness (QED) is 0.310. The molecule has 4 nitrogen and oxygen atoms in total. The summed E-state index contributed by atoms with van der Waals surface area (Å²) in [5.74, 6) is 0.966. The monoisotopic (exact) mass is 248 g/mol. The van der Waals surface area contributed by atoms with Gasteiger partial charge < -0.3 is 10.6 Å². The fraction of sp³-hybridized carbons (Fsp3) is 0.556. The van der Waals surface area contributed by atoms with Crippen molar-refractivity contribution in [3.63, 3.8) is 0 Å². The molecule has 0 aromatic carbocycles. The fourth-order valence-corrected chi connectivity index (χ4v) is 1.99. The van der Waals surface area contributed by atoms with E-state index in [0.717, 1.165) is 0 Å². The lowest BCUT2D eigenvalue weighted by molar-refractivity contribution is -0.120. The zero-order valence-electron chi connectivity index (χ0n) is 8.96. The Labute approximate surface area is 98.0 Å². The van der Waals surface area contributed by atoms with Crippen LogP contribution in [-0.2, 0) is 9.59 Å². The largest absolute Gasteiger partial charge is 0.346 e. The second-order valence-electron chi connectivity index (χ2n) is 2.76. The molecule has 0 unspecified atom stereocenters. The summed E-state index contributed by atoms with van der Waals surface area (Å²) < 4.78 is 0. The van der Waals surface area contributed by atoms with Gasteiger partial charge in [0.25, 0.3) is 0 Å². The van der Waals surface area contributed by atoms with E-state index in [-0.39, 0.29) is 11.8 Å². The average Bonchev–Trinajstić information content (AvgIpc) is 2.22. The Hall–Kier alpha value is -0.620. The lowest BCUT2D eigenvalue weighted by Gasteiger charge is -2.04. The van der Waals surface area contributed by atoms with Crippen LogP contribution in [0.3, 0.4) is 0 Å². The van der Waals surface area contributed by atoms with Gasteiger partial charge in [0, 0.05) is 12.0 Å². The van der Waals surface area contributed by atoms with E-state index >= 15 is 0 Å². The first kappa shape index (κ1) is 14.4. The lowest BCUT2D eigenvalue weighted by Crippen LogP contribution is -2.23. The van der Waals surface area contributed by atoms with E-state index in [2.05, 4.69) is 17.2 Å². The first-order valence-electron chi connectivity index (χ1n) is 4.52. The van der Waals surface area contributed by atoms with Crippen LogP contribution >= 0.6 is 21.6 Å². The van der Waals surface area contributed by atoms with Gasteiger partial charge in [-0.05, 0) is 6.92 Å². The molecule has 0 aromatic heterocycles. The van der Waals surface area contributed by atoms with E-state index in [1.54, 1.807) is 13.8 Å². The number of nitrogens with one attached hydrogen (secondary N) is 2. The molecule has 0 rings (SSSR count). The highest BCUT2D eigenvalue weighted by Crippen LogP contribution is 2.17. The molecule has 0 saturated carbocycles. The second-order valence-corrected chi connectivity index (χ2v) is 5.23. The first-order valence-corrected chi connectivity index (χ1v) is 7.01. The number of rotatable bonds is 7. The number of carbonyl (C=O) groups excluding carboxylic acids is 2. The summed E-state index contributed by atoms with van der Waals surface area (Å²) in [6.07, 6.45) is 0.498. The maximum absolute atomic E-state index is 11.0. The van der Waals surface area contributed by atoms with Crippen LogP contribution in [0.25, 0.3) is 0 Å². The van der Waals surface area contributed by atoms with Crippen molar-refractivity contribution < 1.29 is 9.59 Å². The molecule has 86 valence electrons. The molecule has 6 heteroatoms. The van der Waals surface area contributed by atoms with E-state index in [1.165, 1.54) is 21.6 Å². The van der Waals surface area contributed by atoms with Crippen molar-refractivity contribution in [1.82, 2.24) is 10.6 Å². The van der Waals surface area contributed by atoms with E-state index in [9.17, 15) is 9.59 Å². The van der Waals surface area contributed by atoms with Crippen molar-refractivity contribution in [3.05, 3.63) is 12.2 Å². The van der Waals surface area contributed by atoms with Crippen molar-refractivity contribution >= 4 is 33.4 Å². The van der Waals surface area contributed by atoms with Crippen molar-refractivity contribution in [3.8, 4) is 0 Å². The van der Waals surface area contributed by atoms with E-state index in [1.807, 2.05) is 0 Å². The molecular weight excluding hydrogens is 232 g/mol. The molecule has 0 heterocycles. The molecule has 0 aromatic rings. The molecule has 0 aliphatic rings. The van der Waals surface area contributed by atoms with Crippen LogP contribution in [0.4, 0.5) is 0 Å². The summed E-state index contributed by atoms with van der Waals surface area (Å²) in [6, 6.07) is 0. The van der Waals surface area contributed by atoms with Gasteiger partial charge in [-0.25, -0.2) is 0 Å². The number of carbonyl (C=O) groups is 2. The lowest BCUT2D eigenvalue weighted by atomic mass is 10.3. The highest BCUT2D eigenvalue weighted by atomic mass is 33.1. The van der Waals surface area contributed by atoms with Crippen LogP contribution in [0.15, 0.2) is 12.2 Å². The summed E-state index contributed by atoms with van der Waals surface area (Å²) in [5, 5.41) is 5.39. The highest BCUT2D eigenvalue weighted by molar-refractivity contribution is 8.76. The molecule has 2 N–H and O–H groups in total. The molecule has 0 aliphatic carbocycles. The van der Waals surface area contributed by atoms with E-state index < -0.39 is 0 Å². The molecule has 0 saturated heterocycles. The predicted molar refractivity (Wildman–Crippen MR) is 66.3 cm³/mol. The molecular formula is C9H16N2O2S2. The second kappa shape index (κ2) is 8.67. The summed E-state index contributed by atoms with van der Waals surface area (Å²) >= 11 is 0. The minimum atomic E-state index is -0.138. The SMILES string of the molecule is C=C(C)C(=O)NCSSCNC(=O)CC. The van der Waals surface area contributed by atoms with Gasteiger partial charge in [0.05, 0.1) is 11.8 Å².